The molecule has 0 fully saturated rings. The van der Waals surface area contributed by atoms with Crippen molar-refractivity contribution in [1.82, 2.24) is 0 Å². The fourth-order valence-electron chi connectivity index (χ4n) is 2.49. The maximum Gasteiger partial charge on any atom is 0.416 e. The predicted molar refractivity (Wildman–Crippen MR) is 86.3 cm³/mol. The largest absolute Gasteiger partial charge is 0.511 e. The molecule has 0 aromatic heterocycles. The lowest BCUT2D eigenvalue weighted by Crippen LogP contribution is -2.20. The molecule has 1 unspecified atom stereocenters. The number of nitrogens with zero attached hydrogens (tertiary/aromatic N) is 1. The van der Waals surface area contributed by atoms with Gasteiger partial charge < -0.3 is 5.11 Å². The molecule has 1 aliphatic rings. The molecule has 0 spiro atoms. The zero-order valence-electron chi connectivity index (χ0n) is 13.8. The Hall–Kier alpha value is -2.11. The number of carbonyl (C=O) groups is 1. The number of ketones is 1. The summed E-state index contributed by atoms with van der Waals surface area (Å²) >= 11 is 0. The first-order chi connectivity index (χ1) is 11.0. The van der Waals surface area contributed by atoms with Gasteiger partial charge in [-0.05, 0) is 44.4 Å². The van der Waals surface area contributed by atoms with Crippen LogP contribution in [0.2, 0.25) is 0 Å². The van der Waals surface area contributed by atoms with E-state index in [-0.39, 0.29) is 41.4 Å². The van der Waals surface area contributed by atoms with Gasteiger partial charge in [-0.3, -0.25) is 9.79 Å². The molecule has 1 N–H and O–H groups in total. The number of rotatable bonds is 2. The molecule has 0 heterocycles. The van der Waals surface area contributed by atoms with Crippen LogP contribution >= 0.6 is 0 Å². The van der Waals surface area contributed by atoms with Crippen molar-refractivity contribution in [2.24, 2.45) is 4.99 Å². The number of halogens is 3. The first kappa shape index (κ1) is 18.2. The summed E-state index contributed by atoms with van der Waals surface area (Å²) in [4.78, 5) is 16.5. The maximum atomic E-state index is 12.6. The number of Topliss-reactive ketones (excluding diaryl/α,β-unsaturated/α-hetero) is 1. The monoisotopic (exact) mass is 339 g/mol. The second kappa shape index (κ2) is 6.42. The Balaban J connectivity index is 2.21. The van der Waals surface area contributed by atoms with Gasteiger partial charge in [-0.2, -0.15) is 13.2 Å². The number of aliphatic hydroxyl groups excluding tert-OH is 1. The number of alkyl halides is 3. The van der Waals surface area contributed by atoms with E-state index in [1.54, 1.807) is 0 Å². The van der Waals surface area contributed by atoms with Gasteiger partial charge in [0, 0.05) is 19.1 Å². The minimum absolute atomic E-state index is 0.0656. The first-order valence-corrected chi connectivity index (χ1v) is 7.65. The van der Waals surface area contributed by atoms with Crippen LogP contribution in [0, 0.1) is 0 Å². The topological polar surface area (TPSA) is 49.7 Å². The van der Waals surface area contributed by atoms with E-state index in [1.807, 2.05) is 20.8 Å². The van der Waals surface area contributed by atoms with E-state index in [9.17, 15) is 23.1 Å². The Morgan fingerprint density at radius 3 is 2.17 bits per heavy atom. The molecule has 6 heteroatoms. The summed E-state index contributed by atoms with van der Waals surface area (Å²) in [7, 11) is 0. The molecule has 0 saturated carbocycles. The second-order valence-corrected chi connectivity index (χ2v) is 6.94. The minimum Gasteiger partial charge on any atom is -0.511 e. The van der Waals surface area contributed by atoms with Gasteiger partial charge in [0.05, 0.1) is 16.7 Å². The van der Waals surface area contributed by atoms with Crippen molar-refractivity contribution in [3.05, 3.63) is 46.7 Å². The first-order valence-electron chi connectivity index (χ1n) is 7.65. The Bertz CT molecular complexity index is 680. The van der Waals surface area contributed by atoms with Crippen LogP contribution in [-0.2, 0) is 11.0 Å². The van der Waals surface area contributed by atoms with Gasteiger partial charge in [0.25, 0.3) is 0 Å². The third-order valence-corrected chi connectivity index (χ3v) is 3.77. The Morgan fingerprint density at radius 2 is 1.71 bits per heavy atom. The smallest absolute Gasteiger partial charge is 0.416 e. The molecular weight excluding hydrogens is 319 g/mol. The van der Waals surface area contributed by atoms with Crippen LogP contribution in [0.4, 0.5) is 13.2 Å². The van der Waals surface area contributed by atoms with Crippen molar-refractivity contribution in [2.75, 3.05) is 0 Å². The van der Waals surface area contributed by atoms with Gasteiger partial charge >= 0.3 is 6.18 Å². The number of hydrogen-bond donors (Lipinski definition) is 1. The molecule has 1 aromatic carbocycles. The van der Waals surface area contributed by atoms with Gasteiger partial charge in [0.2, 0.25) is 0 Å². The molecule has 3 nitrogen and oxygen atoms in total. The number of carbonyl (C=O) groups excluding carboxylic acids is 1. The van der Waals surface area contributed by atoms with Gasteiger partial charge in [0.15, 0.2) is 5.78 Å². The predicted octanol–water partition coefficient (Wildman–Crippen LogP) is 4.83. The molecular formula is C18H20F3NO2. The summed E-state index contributed by atoms with van der Waals surface area (Å²) in [5.74, 6) is -0.646. The van der Waals surface area contributed by atoms with Crippen LogP contribution in [0.5, 0.6) is 0 Å². The van der Waals surface area contributed by atoms with Gasteiger partial charge in [-0.25, -0.2) is 0 Å². The maximum absolute atomic E-state index is 12.6. The minimum atomic E-state index is -4.39. The highest BCUT2D eigenvalue weighted by molar-refractivity contribution is 6.14. The van der Waals surface area contributed by atoms with E-state index in [0.29, 0.717) is 5.56 Å². The van der Waals surface area contributed by atoms with E-state index in [0.717, 1.165) is 12.1 Å². The average molecular weight is 339 g/mol. The molecule has 1 atom stereocenters. The Morgan fingerprint density at radius 1 is 1.12 bits per heavy atom. The van der Waals surface area contributed by atoms with Gasteiger partial charge in [0.1, 0.15) is 5.76 Å². The highest BCUT2D eigenvalue weighted by Crippen LogP contribution is 2.35. The molecule has 2 rings (SSSR count). The van der Waals surface area contributed by atoms with E-state index in [4.69, 9.17) is 0 Å². The zero-order chi connectivity index (χ0) is 18.1. The molecule has 0 amide bonds. The van der Waals surface area contributed by atoms with Crippen LogP contribution in [0.25, 0.3) is 0 Å². The number of hydrogen-bond acceptors (Lipinski definition) is 3. The summed E-state index contributed by atoms with van der Waals surface area (Å²) in [6, 6.07) is 4.72. The molecule has 0 aliphatic heterocycles. The van der Waals surface area contributed by atoms with Gasteiger partial charge in [-0.15, -0.1) is 0 Å². The zero-order valence-corrected chi connectivity index (χ0v) is 13.8. The lowest BCUT2D eigenvalue weighted by Gasteiger charge is -2.23. The molecule has 0 saturated heterocycles. The SMILES string of the molecule is CC(C)(C)N=CC1=C(O)CC(c2ccc(C(F)(F)F)cc2)CC1=O. The number of aliphatic imine (C=N–C) groups is 1. The van der Waals surface area contributed by atoms with Crippen LogP contribution in [0.1, 0.15) is 50.7 Å². The van der Waals surface area contributed by atoms with Gasteiger partial charge in [-0.1, -0.05) is 12.1 Å². The quantitative estimate of drug-likeness (QED) is 0.784. The fraction of sp³-hybridized carbons (Fsp3) is 0.444. The average Bonchev–Trinajstić information content (AvgIpc) is 2.44. The van der Waals surface area contributed by atoms with Crippen molar-refractivity contribution >= 4 is 12.0 Å². The molecule has 130 valence electrons. The van der Waals surface area contributed by atoms with Crippen LogP contribution in [0.15, 0.2) is 40.6 Å². The van der Waals surface area contributed by atoms with Crippen LogP contribution < -0.4 is 0 Å². The van der Waals surface area contributed by atoms with E-state index >= 15 is 0 Å². The third-order valence-electron chi connectivity index (χ3n) is 3.77. The summed E-state index contributed by atoms with van der Waals surface area (Å²) in [5.41, 5.74) is -0.299. The van der Waals surface area contributed by atoms with Crippen molar-refractivity contribution in [1.29, 1.82) is 0 Å². The van der Waals surface area contributed by atoms with Crippen molar-refractivity contribution in [2.45, 2.75) is 51.2 Å². The molecule has 0 radical (unpaired) electrons. The summed E-state index contributed by atoms with van der Waals surface area (Å²) in [6.45, 7) is 5.62. The fourth-order valence-corrected chi connectivity index (χ4v) is 2.49. The van der Waals surface area contributed by atoms with Crippen LogP contribution in [-0.4, -0.2) is 22.6 Å². The van der Waals surface area contributed by atoms with E-state index < -0.39 is 11.7 Å². The summed E-state index contributed by atoms with van der Waals surface area (Å²) < 4.78 is 37.8. The molecule has 0 bridgehead atoms. The lowest BCUT2D eigenvalue weighted by molar-refractivity contribution is -0.137. The standard InChI is InChI=1S/C18H20F3NO2/c1-17(2,3)22-10-14-15(23)8-12(9-16(14)24)11-4-6-13(7-5-11)18(19,20)21/h4-7,10,12,23H,8-9H2,1-3H3. The molecule has 1 aliphatic carbocycles. The van der Waals surface area contributed by atoms with Crippen molar-refractivity contribution in [3.8, 4) is 0 Å². The van der Waals surface area contributed by atoms with E-state index in [2.05, 4.69) is 4.99 Å². The number of aliphatic hydroxyl groups is 1. The molecule has 1 aromatic rings. The summed E-state index contributed by atoms with van der Waals surface area (Å²) in [6.07, 6.45) is -2.65. The third kappa shape index (κ3) is 4.46. The summed E-state index contributed by atoms with van der Waals surface area (Å²) in [5, 5.41) is 10.1. The highest BCUT2D eigenvalue weighted by Gasteiger charge is 2.32. The Labute approximate surface area is 138 Å². The highest BCUT2D eigenvalue weighted by atomic mass is 19.4. The van der Waals surface area contributed by atoms with E-state index in [1.165, 1.54) is 18.3 Å². The number of allylic oxidation sites excluding steroid dienone is 2. The number of benzene rings is 1. The second-order valence-electron chi connectivity index (χ2n) is 6.94. The lowest BCUT2D eigenvalue weighted by atomic mass is 9.82. The Kier molecular flexibility index (Phi) is 4.87. The normalized spacial score (nSPS) is 20.1. The van der Waals surface area contributed by atoms with Crippen molar-refractivity contribution < 1.29 is 23.1 Å². The molecule has 24 heavy (non-hydrogen) atoms. The van der Waals surface area contributed by atoms with Crippen molar-refractivity contribution in [3.63, 3.8) is 0 Å². The van der Waals surface area contributed by atoms with Crippen LogP contribution in [0.3, 0.4) is 0 Å².